The van der Waals surface area contributed by atoms with E-state index in [4.69, 9.17) is 18.0 Å². The van der Waals surface area contributed by atoms with Gasteiger partial charge >= 0.3 is 0 Å². The van der Waals surface area contributed by atoms with E-state index in [-0.39, 0.29) is 10.9 Å². The van der Waals surface area contributed by atoms with Crippen LogP contribution in [0.3, 0.4) is 0 Å². The van der Waals surface area contributed by atoms with Crippen LogP contribution >= 0.6 is 28.1 Å². The molecule has 0 aliphatic carbocycles. The van der Waals surface area contributed by atoms with E-state index in [0.29, 0.717) is 16.8 Å². The minimum absolute atomic E-state index is 0.231. The number of rotatable bonds is 3. The van der Waals surface area contributed by atoms with Gasteiger partial charge in [0.25, 0.3) is 5.91 Å². The first kappa shape index (κ1) is 13.6. The molecule has 0 bridgehead atoms. The van der Waals surface area contributed by atoms with Crippen LogP contribution in [0.2, 0.25) is 0 Å². The van der Waals surface area contributed by atoms with E-state index in [1.165, 1.54) is 6.20 Å². The van der Waals surface area contributed by atoms with Crippen LogP contribution in [0.4, 0.5) is 5.69 Å². The van der Waals surface area contributed by atoms with E-state index in [1.807, 2.05) is 6.07 Å². The molecule has 1 aromatic heterocycles. The predicted molar refractivity (Wildman–Crippen MR) is 82.2 cm³/mol. The van der Waals surface area contributed by atoms with Crippen LogP contribution in [0.25, 0.3) is 0 Å². The lowest BCUT2D eigenvalue weighted by atomic mass is 10.1. The Morgan fingerprint density at radius 3 is 2.79 bits per heavy atom. The van der Waals surface area contributed by atoms with Crippen molar-refractivity contribution in [3.05, 3.63) is 58.3 Å². The summed E-state index contributed by atoms with van der Waals surface area (Å²) in [6.45, 7) is 0. The zero-order valence-corrected chi connectivity index (χ0v) is 12.2. The molecule has 0 aliphatic heterocycles. The maximum atomic E-state index is 12.0. The molecule has 3 N–H and O–H groups in total. The Morgan fingerprint density at radius 2 is 2.16 bits per heavy atom. The van der Waals surface area contributed by atoms with Crippen molar-refractivity contribution in [2.45, 2.75) is 0 Å². The molecule has 0 fully saturated rings. The number of halogens is 1. The van der Waals surface area contributed by atoms with Gasteiger partial charge < -0.3 is 11.1 Å². The summed E-state index contributed by atoms with van der Waals surface area (Å²) in [7, 11) is 0. The van der Waals surface area contributed by atoms with Crippen molar-refractivity contribution >= 4 is 44.7 Å². The first-order valence-electron chi connectivity index (χ1n) is 5.38. The van der Waals surface area contributed by atoms with Crippen molar-refractivity contribution in [3.8, 4) is 0 Å². The molecule has 0 radical (unpaired) electrons. The number of pyridine rings is 1. The van der Waals surface area contributed by atoms with Crippen molar-refractivity contribution in [2.75, 3.05) is 5.32 Å². The minimum atomic E-state index is -0.260. The van der Waals surface area contributed by atoms with E-state index in [9.17, 15) is 4.79 Å². The third-order valence-electron chi connectivity index (χ3n) is 2.42. The van der Waals surface area contributed by atoms with E-state index < -0.39 is 0 Å². The zero-order valence-electron chi connectivity index (χ0n) is 9.76. The normalized spacial score (nSPS) is 9.95. The van der Waals surface area contributed by atoms with Crippen molar-refractivity contribution in [3.63, 3.8) is 0 Å². The van der Waals surface area contributed by atoms with Crippen LogP contribution in [0.5, 0.6) is 0 Å². The maximum Gasteiger partial charge on any atom is 0.257 e. The molecule has 6 heteroatoms. The van der Waals surface area contributed by atoms with Gasteiger partial charge in [-0.25, -0.2) is 0 Å². The number of aromatic nitrogens is 1. The van der Waals surface area contributed by atoms with Gasteiger partial charge in [-0.15, -0.1) is 0 Å². The SMILES string of the molecule is NC(=S)c1ccc(Br)cc1NC(=O)c1cccnc1. The van der Waals surface area contributed by atoms with E-state index >= 15 is 0 Å². The molecule has 4 nitrogen and oxygen atoms in total. The highest BCUT2D eigenvalue weighted by Gasteiger charge is 2.11. The molecule has 1 aromatic carbocycles. The number of anilines is 1. The molecule has 0 saturated carbocycles. The number of nitrogens with one attached hydrogen (secondary N) is 1. The van der Waals surface area contributed by atoms with Crippen molar-refractivity contribution in [1.82, 2.24) is 4.98 Å². The van der Waals surface area contributed by atoms with Crippen LogP contribution in [-0.2, 0) is 0 Å². The van der Waals surface area contributed by atoms with Gasteiger partial charge in [0.2, 0.25) is 0 Å². The molecule has 0 aliphatic rings. The summed E-state index contributed by atoms with van der Waals surface area (Å²) in [4.78, 5) is 16.2. The lowest BCUT2D eigenvalue weighted by Gasteiger charge is -2.10. The first-order chi connectivity index (χ1) is 9.08. The molecule has 0 spiro atoms. The van der Waals surface area contributed by atoms with Crippen LogP contribution in [-0.4, -0.2) is 15.9 Å². The number of thiocarbonyl (C=S) groups is 1. The fourth-order valence-electron chi connectivity index (χ4n) is 1.53. The summed E-state index contributed by atoms with van der Waals surface area (Å²) >= 11 is 8.31. The summed E-state index contributed by atoms with van der Waals surface area (Å²) in [6, 6.07) is 8.70. The minimum Gasteiger partial charge on any atom is -0.389 e. The van der Waals surface area contributed by atoms with Gasteiger partial charge in [0.05, 0.1) is 11.3 Å². The van der Waals surface area contributed by atoms with Gasteiger partial charge in [-0.2, -0.15) is 0 Å². The molecule has 19 heavy (non-hydrogen) atoms. The molecule has 96 valence electrons. The number of carbonyl (C=O) groups is 1. The number of hydrogen-bond acceptors (Lipinski definition) is 3. The second-order valence-electron chi connectivity index (χ2n) is 3.75. The fourth-order valence-corrected chi connectivity index (χ4v) is 2.07. The monoisotopic (exact) mass is 335 g/mol. The molecular formula is C13H10BrN3OS. The maximum absolute atomic E-state index is 12.0. The van der Waals surface area contributed by atoms with Crippen LogP contribution in [0, 0.1) is 0 Å². The van der Waals surface area contributed by atoms with E-state index in [2.05, 4.69) is 26.2 Å². The summed E-state index contributed by atoms with van der Waals surface area (Å²) in [5.74, 6) is -0.260. The van der Waals surface area contributed by atoms with E-state index in [1.54, 1.807) is 30.5 Å². The highest BCUT2D eigenvalue weighted by atomic mass is 79.9. The second-order valence-corrected chi connectivity index (χ2v) is 5.11. The van der Waals surface area contributed by atoms with Gasteiger partial charge in [0.15, 0.2) is 0 Å². The number of nitrogens with zero attached hydrogens (tertiary/aromatic N) is 1. The lowest BCUT2D eigenvalue weighted by Crippen LogP contribution is -2.17. The largest absolute Gasteiger partial charge is 0.389 e. The molecule has 0 atom stereocenters. The fraction of sp³-hybridized carbons (Fsp3) is 0. The third kappa shape index (κ3) is 3.36. The predicted octanol–water partition coefficient (Wildman–Crippen LogP) is 2.73. The number of benzene rings is 1. The average molecular weight is 336 g/mol. The first-order valence-corrected chi connectivity index (χ1v) is 6.59. The summed E-state index contributed by atoms with van der Waals surface area (Å²) in [5.41, 5.74) is 7.29. The topological polar surface area (TPSA) is 68.0 Å². The number of nitrogens with two attached hydrogens (primary N) is 1. The lowest BCUT2D eigenvalue weighted by molar-refractivity contribution is 0.102. The highest BCUT2D eigenvalue weighted by Crippen LogP contribution is 2.22. The van der Waals surface area contributed by atoms with Gasteiger partial charge in [-0.3, -0.25) is 9.78 Å². The smallest absolute Gasteiger partial charge is 0.257 e. The van der Waals surface area contributed by atoms with Crippen molar-refractivity contribution < 1.29 is 4.79 Å². The number of hydrogen-bond donors (Lipinski definition) is 2. The average Bonchev–Trinajstić information content (AvgIpc) is 2.39. The summed E-state index contributed by atoms with van der Waals surface area (Å²) < 4.78 is 0.828. The van der Waals surface area contributed by atoms with Crippen LogP contribution < -0.4 is 11.1 Å². The van der Waals surface area contributed by atoms with Crippen molar-refractivity contribution in [1.29, 1.82) is 0 Å². The number of amides is 1. The van der Waals surface area contributed by atoms with Gasteiger partial charge in [0, 0.05) is 22.4 Å². The molecule has 0 saturated heterocycles. The Labute approximate surface area is 124 Å². The zero-order chi connectivity index (χ0) is 13.8. The molecule has 2 rings (SSSR count). The van der Waals surface area contributed by atoms with Crippen LogP contribution in [0.15, 0.2) is 47.2 Å². The Balaban J connectivity index is 2.31. The Hall–Kier alpha value is -1.79. The van der Waals surface area contributed by atoms with Gasteiger partial charge in [0.1, 0.15) is 4.99 Å². The molecule has 2 aromatic rings. The van der Waals surface area contributed by atoms with E-state index in [0.717, 1.165) is 4.47 Å². The molecule has 1 heterocycles. The summed E-state index contributed by atoms with van der Waals surface area (Å²) in [5, 5.41) is 2.77. The van der Waals surface area contributed by atoms with Crippen LogP contribution in [0.1, 0.15) is 15.9 Å². The highest BCUT2D eigenvalue weighted by molar-refractivity contribution is 9.10. The molecular weight excluding hydrogens is 326 g/mol. The van der Waals surface area contributed by atoms with Gasteiger partial charge in [-0.1, -0.05) is 28.1 Å². The van der Waals surface area contributed by atoms with Gasteiger partial charge in [-0.05, 0) is 30.3 Å². The Kier molecular flexibility index (Phi) is 4.24. The second kappa shape index (κ2) is 5.90. The number of carbonyl (C=O) groups excluding carboxylic acids is 1. The third-order valence-corrected chi connectivity index (χ3v) is 3.13. The summed E-state index contributed by atoms with van der Waals surface area (Å²) in [6.07, 6.45) is 3.10. The molecule has 0 unspecified atom stereocenters. The molecule has 1 amide bonds. The standard InChI is InChI=1S/C13H10BrN3OS/c14-9-3-4-10(12(15)19)11(6-9)17-13(18)8-2-1-5-16-7-8/h1-7H,(H2,15,19)(H,17,18). The Bertz CT molecular complexity index is 631. The van der Waals surface area contributed by atoms with Crippen molar-refractivity contribution in [2.24, 2.45) is 5.73 Å². The quantitative estimate of drug-likeness (QED) is 0.846. The Morgan fingerprint density at radius 1 is 1.37 bits per heavy atom.